The van der Waals surface area contributed by atoms with Crippen molar-refractivity contribution in [2.75, 3.05) is 6.54 Å². The second kappa shape index (κ2) is 7.08. The number of carboxylic acids is 1. The number of carboxylic acid groups (broad SMARTS) is 1. The number of hydrogen-bond acceptors (Lipinski definition) is 3. The van der Waals surface area contributed by atoms with E-state index < -0.39 is 5.97 Å². The lowest BCUT2D eigenvalue weighted by molar-refractivity contribution is -0.142. The van der Waals surface area contributed by atoms with Gasteiger partial charge in [0.1, 0.15) is 0 Å². The van der Waals surface area contributed by atoms with Crippen molar-refractivity contribution in [3.63, 3.8) is 0 Å². The van der Waals surface area contributed by atoms with Gasteiger partial charge in [-0.15, -0.1) is 11.3 Å². The Morgan fingerprint density at radius 1 is 1.35 bits per heavy atom. The molecule has 0 saturated heterocycles. The second-order valence-corrected chi connectivity index (χ2v) is 7.45. The van der Waals surface area contributed by atoms with E-state index in [2.05, 4.69) is 26.6 Å². The summed E-state index contributed by atoms with van der Waals surface area (Å²) in [6.45, 7) is 0.909. The van der Waals surface area contributed by atoms with E-state index in [9.17, 15) is 9.59 Å². The van der Waals surface area contributed by atoms with Crippen molar-refractivity contribution in [2.45, 2.75) is 25.8 Å². The first-order valence-corrected chi connectivity index (χ1v) is 8.16. The molecule has 1 saturated carbocycles. The van der Waals surface area contributed by atoms with Crippen molar-refractivity contribution in [1.82, 2.24) is 10.6 Å². The highest BCUT2D eigenvalue weighted by Crippen LogP contribution is 2.31. The smallest absolute Gasteiger partial charge is 0.315 e. The lowest BCUT2D eigenvalue weighted by Gasteiger charge is -2.16. The number of rotatable bonds is 5. The van der Waals surface area contributed by atoms with Gasteiger partial charge in [-0.05, 0) is 46.8 Å². The molecule has 3 N–H and O–H groups in total. The number of halogens is 1. The highest BCUT2D eigenvalue weighted by molar-refractivity contribution is 9.11. The van der Waals surface area contributed by atoms with Gasteiger partial charge in [-0.3, -0.25) is 4.79 Å². The number of nitrogens with one attached hydrogen (secondary N) is 2. The summed E-state index contributed by atoms with van der Waals surface area (Å²) in [4.78, 5) is 23.8. The van der Waals surface area contributed by atoms with Gasteiger partial charge < -0.3 is 15.7 Å². The number of carbonyl (C=O) groups excluding carboxylic acids is 1. The number of urea groups is 1. The van der Waals surface area contributed by atoms with Crippen LogP contribution < -0.4 is 10.6 Å². The van der Waals surface area contributed by atoms with Crippen LogP contribution in [0, 0.1) is 11.8 Å². The molecule has 0 radical (unpaired) electrons. The van der Waals surface area contributed by atoms with Gasteiger partial charge >= 0.3 is 12.0 Å². The van der Waals surface area contributed by atoms with Gasteiger partial charge in [0.2, 0.25) is 0 Å². The van der Waals surface area contributed by atoms with Gasteiger partial charge in [-0.1, -0.05) is 6.42 Å². The summed E-state index contributed by atoms with van der Waals surface area (Å²) in [6, 6.07) is 3.65. The van der Waals surface area contributed by atoms with Crippen LogP contribution in [-0.4, -0.2) is 23.7 Å². The summed E-state index contributed by atoms with van der Waals surface area (Å²) in [7, 11) is 0. The average Bonchev–Trinajstić information content (AvgIpc) is 3.02. The van der Waals surface area contributed by atoms with Gasteiger partial charge in [0, 0.05) is 11.4 Å². The third-order valence-corrected chi connectivity index (χ3v) is 5.18. The number of aliphatic carboxylic acids is 1. The molecule has 0 aromatic carbocycles. The summed E-state index contributed by atoms with van der Waals surface area (Å²) in [6.07, 6.45) is 2.51. The van der Waals surface area contributed by atoms with E-state index in [-0.39, 0.29) is 17.9 Å². The fraction of sp³-hybridized carbons (Fsp3) is 0.538. The van der Waals surface area contributed by atoms with Crippen LogP contribution in [0.4, 0.5) is 4.79 Å². The molecule has 0 spiro atoms. The van der Waals surface area contributed by atoms with Crippen LogP contribution in [0.25, 0.3) is 0 Å². The fourth-order valence-electron chi connectivity index (χ4n) is 2.51. The molecule has 2 amide bonds. The molecule has 5 nitrogen and oxygen atoms in total. The van der Waals surface area contributed by atoms with E-state index in [1.165, 1.54) is 0 Å². The lowest BCUT2D eigenvalue weighted by atomic mass is 9.96. The van der Waals surface area contributed by atoms with Crippen LogP contribution in [-0.2, 0) is 11.3 Å². The Morgan fingerprint density at radius 2 is 2.15 bits per heavy atom. The van der Waals surface area contributed by atoms with E-state index in [1.54, 1.807) is 11.3 Å². The Hall–Kier alpha value is -1.08. The van der Waals surface area contributed by atoms with Crippen molar-refractivity contribution >= 4 is 39.3 Å². The van der Waals surface area contributed by atoms with Gasteiger partial charge in [0.25, 0.3) is 0 Å². The first-order valence-electron chi connectivity index (χ1n) is 6.55. The summed E-state index contributed by atoms with van der Waals surface area (Å²) >= 11 is 4.94. The molecule has 1 fully saturated rings. The minimum atomic E-state index is -0.752. The third kappa shape index (κ3) is 4.21. The first kappa shape index (κ1) is 15.3. The quantitative estimate of drug-likeness (QED) is 0.755. The molecule has 2 rings (SSSR count). The Morgan fingerprint density at radius 3 is 2.80 bits per heavy atom. The molecule has 1 aromatic heterocycles. The van der Waals surface area contributed by atoms with Crippen molar-refractivity contribution in [2.24, 2.45) is 11.8 Å². The Bertz CT molecular complexity index is 492. The molecular formula is C13H17BrN2O3S. The first-order chi connectivity index (χ1) is 9.56. The molecule has 0 aliphatic heterocycles. The van der Waals surface area contributed by atoms with Gasteiger partial charge in [-0.2, -0.15) is 0 Å². The van der Waals surface area contributed by atoms with Crippen LogP contribution in [0.1, 0.15) is 24.1 Å². The largest absolute Gasteiger partial charge is 0.481 e. The van der Waals surface area contributed by atoms with Crippen LogP contribution in [0.5, 0.6) is 0 Å². The highest BCUT2D eigenvalue weighted by Gasteiger charge is 2.32. The molecule has 1 aliphatic rings. The summed E-state index contributed by atoms with van der Waals surface area (Å²) in [5.41, 5.74) is 0. The molecule has 20 heavy (non-hydrogen) atoms. The van der Waals surface area contributed by atoms with E-state index in [1.807, 2.05) is 12.1 Å². The minimum Gasteiger partial charge on any atom is -0.481 e. The predicted molar refractivity (Wildman–Crippen MR) is 80.7 cm³/mol. The summed E-state index contributed by atoms with van der Waals surface area (Å²) in [5.74, 6) is -1.02. The zero-order valence-electron chi connectivity index (χ0n) is 10.9. The van der Waals surface area contributed by atoms with E-state index in [0.717, 1.165) is 21.5 Å². The number of hydrogen-bond donors (Lipinski definition) is 3. The van der Waals surface area contributed by atoms with Crippen LogP contribution in [0.3, 0.4) is 0 Å². The van der Waals surface area contributed by atoms with Gasteiger partial charge in [-0.25, -0.2) is 4.79 Å². The number of thiophene rings is 1. The normalized spacial score (nSPS) is 21.6. The molecular weight excluding hydrogens is 344 g/mol. The molecule has 0 bridgehead atoms. The maximum atomic E-state index is 11.7. The van der Waals surface area contributed by atoms with Crippen molar-refractivity contribution in [3.8, 4) is 0 Å². The van der Waals surface area contributed by atoms with Gasteiger partial charge in [0.15, 0.2) is 0 Å². The topological polar surface area (TPSA) is 78.4 Å². The predicted octanol–water partition coefficient (Wildman–Crippen LogP) is 2.81. The molecule has 2 atom stereocenters. The molecule has 1 aromatic rings. The maximum Gasteiger partial charge on any atom is 0.315 e. The van der Waals surface area contributed by atoms with E-state index >= 15 is 0 Å². The SMILES string of the molecule is O=C(NCc1ccc(Br)s1)NCC1CCCC1C(=O)O. The second-order valence-electron chi connectivity index (χ2n) is 4.91. The van der Waals surface area contributed by atoms with Crippen LogP contribution >= 0.6 is 27.3 Å². The number of amides is 2. The Labute approximate surface area is 129 Å². The molecule has 110 valence electrons. The summed E-state index contributed by atoms with van der Waals surface area (Å²) in [5, 5.41) is 14.6. The molecule has 7 heteroatoms. The monoisotopic (exact) mass is 360 g/mol. The van der Waals surface area contributed by atoms with Crippen LogP contribution in [0.15, 0.2) is 15.9 Å². The van der Waals surface area contributed by atoms with Crippen molar-refractivity contribution in [3.05, 3.63) is 20.8 Å². The Balaban J connectivity index is 1.71. The van der Waals surface area contributed by atoms with Crippen molar-refractivity contribution < 1.29 is 14.7 Å². The molecule has 1 heterocycles. The Kier molecular flexibility index (Phi) is 5.42. The zero-order valence-corrected chi connectivity index (χ0v) is 13.3. The van der Waals surface area contributed by atoms with E-state index in [0.29, 0.717) is 19.5 Å². The van der Waals surface area contributed by atoms with Crippen LogP contribution in [0.2, 0.25) is 0 Å². The maximum absolute atomic E-state index is 11.7. The lowest BCUT2D eigenvalue weighted by Crippen LogP contribution is -2.39. The molecule has 2 unspecified atom stereocenters. The van der Waals surface area contributed by atoms with E-state index in [4.69, 9.17) is 5.11 Å². The van der Waals surface area contributed by atoms with Gasteiger partial charge in [0.05, 0.1) is 16.2 Å². The zero-order chi connectivity index (χ0) is 14.5. The average molecular weight is 361 g/mol. The fourth-order valence-corrected chi connectivity index (χ4v) is 3.93. The standard InChI is InChI=1S/C13H17BrN2O3S/c14-11-5-4-9(20-11)7-16-13(19)15-6-8-2-1-3-10(8)12(17)18/h4-5,8,10H,1-3,6-7H2,(H,17,18)(H2,15,16,19). The highest BCUT2D eigenvalue weighted by atomic mass is 79.9. The molecule has 1 aliphatic carbocycles. The third-order valence-electron chi connectivity index (χ3n) is 3.55. The number of carbonyl (C=O) groups is 2. The summed E-state index contributed by atoms with van der Waals surface area (Å²) < 4.78 is 1.03. The van der Waals surface area contributed by atoms with Crippen molar-refractivity contribution in [1.29, 1.82) is 0 Å². The minimum absolute atomic E-state index is 0.0501.